The third-order valence-corrected chi connectivity index (χ3v) is 5.78. The summed E-state index contributed by atoms with van der Waals surface area (Å²) in [6, 6.07) is 10.6. The van der Waals surface area contributed by atoms with Gasteiger partial charge in [0.1, 0.15) is 12.4 Å². The fraction of sp³-hybridized carbons (Fsp3) is 0.417. The molecule has 0 aliphatic carbocycles. The van der Waals surface area contributed by atoms with Gasteiger partial charge in [0.15, 0.2) is 6.61 Å². The van der Waals surface area contributed by atoms with E-state index in [0.717, 1.165) is 31.4 Å². The number of halogens is 3. The molecule has 0 saturated carbocycles. The summed E-state index contributed by atoms with van der Waals surface area (Å²) in [6.07, 6.45) is -1.93. The van der Waals surface area contributed by atoms with Gasteiger partial charge in [-0.1, -0.05) is 12.1 Å². The summed E-state index contributed by atoms with van der Waals surface area (Å²) in [5.41, 5.74) is 0.265. The molecule has 2 aromatic rings. The molecule has 2 saturated heterocycles. The van der Waals surface area contributed by atoms with Gasteiger partial charge in [-0.2, -0.15) is 13.2 Å². The van der Waals surface area contributed by atoms with Crippen molar-refractivity contribution in [2.45, 2.75) is 37.6 Å². The Labute approximate surface area is 194 Å². The van der Waals surface area contributed by atoms with Gasteiger partial charge in [0.2, 0.25) is 0 Å². The first-order valence-electron chi connectivity index (χ1n) is 11.1. The van der Waals surface area contributed by atoms with Gasteiger partial charge in [0.25, 0.3) is 5.91 Å². The Morgan fingerprint density at radius 3 is 2.47 bits per heavy atom. The highest BCUT2D eigenvalue weighted by Gasteiger charge is 2.36. The van der Waals surface area contributed by atoms with Crippen LogP contribution in [0.2, 0.25) is 0 Å². The molecule has 10 heteroatoms. The molecule has 2 unspecified atom stereocenters. The zero-order valence-electron chi connectivity index (χ0n) is 18.3. The first kappa shape index (κ1) is 23.9. The summed E-state index contributed by atoms with van der Waals surface area (Å²) >= 11 is 0. The molecule has 2 atom stereocenters. The molecule has 2 amide bonds. The van der Waals surface area contributed by atoms with E-state index in [1.807, 2.05) is 0 Å². The van der Waals surface area contributed by atoms with E-state index in [0.29, 0.717) is 30.2 Å². The number of ether oxygens (including phenoxy) is 3. The van der Waals surface area contributed by atoms with Crippen molar-refractivity contribution in [2.75, 3.05) is 31.3 Å². The number of benzene rings is 2. The number of hydrogen-bond donors (Lipinski definition) is 1. The van der Waals surface area contributed by atoms with Crippen molar-refractivity contribution in [3.8, 4) is 5.75 Å². The zero-order valence-corrected chi connectivity index (χ0v) is 18.3. The Kier molecular flexibility index (Phi) is 7.26. The maximum atomic E-state index is 12.8. The number of carbonyl (C=O) groups excluding carboxylic acids is 2. The van der Waals surface area contributed by atoms with E-state index in [9.17, 15) is 22.8 Å². The molecular formula is C24H25F3N2O5. The fourth-order valence-electron chi connectivity index (χ4n) is 3.95. The van der Waals surface area contributed by atoms with Crippen molar-refractivity contribution < 1.29 is 37.0 Å². The number of hydrogen-bond acceptors (Lipinski definition) is 5. The van der Waals surface area contributed by atoms with Gasteiger partial charge in [0.05, 0.1) is 17.7 Å². The first-order chi connectivity index (χ1) is 16.3. The molecule has 0 radical (unpaired) electrons. The monoisotopic (exact) mass is 478 g/mol. The SMILES string of the molecule is O=C(COc1ccc(N2C(=O)OCC2c2ccc(C(F)(F)F)cc2)cc1)NCC1CCCCO1. The van der Waals surface area contributed by atoms with Crippen LogP contribution in [0.4, 0.5) is 23.7 Å². The highest BCUT2D eigenvalue weighted by molar-refractivity contribution is 5.90. The van der Waals surface area contributed by atoms with Crippen LogP contribution in [0.5, 0.6) is 5.75 Å². The van der Waals surface area contributed by atoms with Gasteiger partial charge in [0, 0.05) is 18.8 Å². The lowest BCUT2D eigenvalue weighted by Crippen LogP contribution is -2.37. The van der Waals surface area contributed by atoms with Crippen molar-refractivity contribution in [1.29, 1.82) is 0 Å². The topological polar surface area (TPSA) is 77.1 Å². The predicted octanol–water partition coefficient (Wildman–Crippen LogP) is 4.47. The lowest BCUT2D eigenvalue weighted by atomic mass is 10.0. The maximum absolute atomic E-state index is 12.8. The average Bonchev–Trinajstić information content (AvgIpc) is 3.23. The fourth-order valence-corrected chi connectivity index (χ4v) is 3.95. The smallest absolute Gasteiger partial charge is 0.416 e. The zero-order chi connectivity index (χ0) is 24.1. The molecule has 1 N–H and O–H groups in total. The van der Waals surface area contributed by atoms with Gasteiger partial charge < -0.3 is 19.5 Å². The normalized spacial score (nSPS) is 20.7. The number of rotatable bonds is 7. The third-order valence-electron chi connectivity index (χ3n) is 5.78. The van der Waals surface area contributed by atoms with Crippen molar-refractivity contribution in [3.05, 3.63) is 59.7 Å². The third kappa shape index (κ3) is 5.80. The van der Waals surface area contributed by atoms with Crippen molar-refractivity contribution >= 4 is 17.7 Å². The van der Waals surface area contributed by atoms with Crippen molar-refractivity contribution in [1.82, 2.24) is 5.32 Å². The van der Waals surface area contributed by atoms with Gasteiger partial charge >= 0.3 is 12.3 Å². The average molecular weight is 478 g/mol. The Bertz CT molecular complexity index is 989. The number of carbonyl (C=O) groups is 2. The van der Waals surface area contributed by atoms with Gasteiger partial charge in [-0.05, 0) is 61.2 Å². The number of nitrogens with one attached hydrogen (secondary N) is 1. The first-order valence-corrected chi connectivity index (χ1v) is 11.1. The second-order valence-electron chi connectivity index (χ2n) is 8.16. The molecule has 2 aliphatic heterocycles. The minimum atomic E-state index is -4.43. The Balaban J connectivity index is 1.34. The van der Waals surface area contributed by atoms with Crippen LogP contribution < -0.4 is 15.0 Å². The molecule has 0 aromatic heterocycles. The number of amides is 2. The van der Waals surface area contributed by atoms with Crippen LogP contribution in [-0.2, 0) is 20.4 Å². The van der Waals surface area contributed by atoms with Gasteiger partial charge in [-0.25, -0.2) is 4.79 Å². The molecular weight excluding hydrogens is 453 g/mol. The Hall–Kier alpha value is -3.27. The maximum Gasteiger partial charge on any atom is 0.416 e. The number of alkyl halides is 3. The minimum absolute atomic E-state index is 0.0212. The van der Waals surface area contributed by atoms with Crippen LogP contribution in [0, 0.1) is 0 Å². The van der Waals surface area contributed by atoms with E-state index in [1.54, 1.807) is 24.3 Å². The highest BCUT2D eigenvalue weighted by atomic mass is 19.4. The second-order valence-corrected chi connectivity index (χ2v) is 8.16. The molecule has 2 aromatic carbocycles. The van der Waals surface area contributed by atoms with Crippen molar-refractivity contribution in [3.63, 3.8) is 0 Å². The lowest BCUT2D eigenvalue weighted by molar-refractivity contribution is -0.137. The van der Waals surface area contributed by atoms with Gasteiger partial charge in [-0.3, -0.25) is 9.69 Å². The number of anilines is 1. The van der Waals surface area contributed by atoms with E-state index in [-0.39, 0.29) is 25.2 Å². The summed E-state index contributed by atoms with van der Waals surface area (Å²) in [4.78, 5) is 25.7. The van der Waals surface area contributed by atoms with Crippen LogP contribution in [0.15, 0.2) is 48.5 Å². The molecule has 2 aliphatic rings. The molecule has 2 fully saturated rings. The predicted molar refractivity (Wildman–Crippen MR) is 117 cm³/mol. The second kappa shape index (κ2) is 10.3. The van der Waals surface area contributed by atoms with Gasteiger partial charge in [-0.15, -0.1) is 0 Å². The Morgan fingerprint density at radius 2 is 1.82 bits per heavy atom. The van der Waals surface area contributed by atoms with E-state index in [1.165, 1.54) is 17.0 Å². The Morgan fingerprint density at radius 1 is 1.09 bits per heavy atom. The number of nitrogens with zero attached hydrogens (tertiary/aromatic N) is 1. The summed E-state index contributed by atoms with van der Waals surface area (Å²) in [7, 11) is 0. The van der Waals surface area contributed by atoms with E-state index < -0.39 is 23.9 Å². The molecule has 34 heavy (non-hydrogen) atoms. The molecule has 182 valence electrons. The lowest BCUT2D eigenvalue weighted by Gasteiger charge is -2.23. The van der Waals surface area contributed by atoms with Crippen LogP contribution >= 0.6 is 0 Å². The van der Waals surface area contributed by atoms with Crippen molar-refractivity contribution in [2.24, 2.45) is 0 Å². The van der Waals surface area contributed by atoms with E-state index in [2.05, 4.69) is 5.32 Å². The van der Waals surface area contributed by atoms with Crippen LogP contribution in [-0.4, -0.2) is 44.5 Å². The molecule has 4 rings (SSSR count). The summed E-state index contributed by atoms with van der Waals surface area (Å²) < 4.78 is 54.8. The van der Waals surface area contributed by atoms with Crippen LogP contribution in [0.25, 0.3) is 0 Å². The van der Waals surface area contributed by atoms with E-state index in [4.69, 9.17) is 14.2 Å². The molecule has 2 heterocycles. The minimum Gasteiger partial charge on any atom is -0.484 e. The summed E-state index contributed by atoms with van der Waals surface area (Å²) in [5, 5.41) is 2.79. The molecule has 7 nitrogen and oxygen atoms in total. The largest absolute Gasteiger partial charge is 0.484 e. The van der Waals surface area contributed by atoms with E-state index >= 15 is 0 Å². The highest BCUT2D eigenvalue weighted by Crippen LogP contribution is 2.35. The van der Waals surface area contributed by atoms with Crippen LogP contribution in [0.3, 0.4) is 0 Å². The standard InChI is InChI=1S/C24H25F3N2O5/c25-24(26,27)17-6-4-16(5-7-17)21-14-34-23(31)29(21)18-8-10-19(11-9-18)33-15-22(30)28-13-20-3-1-2-12-32-20/h4-11,20-21H,1-3,12-15H2,(H,28,30). The molecule has 0 spiro atoms. The quantitative estimate of drug-likeness (QED) is 0.636. The molecule has 0 bridgehead atoms. The summed E-state index contributed by atoms with van der Waals surface area (Å²) in [6.45, 7) is 1.02. The van der Waals surface area contributed by atoms with Crippen LogP contribution in [0.1, 0.15) is 36.4 Å². The number of cyclic esters (lactones) is 1. The summed E-state index contributed by atoms with van der Waals surface area (Å²) in [5.74, 6) is 0.176.